The Labute approximate surface area is 333 Å². The second-order valence-electron chi connectivity index (χ2n) is 14.8. The molecule has 0 bridgehead atoms. The molecule has 57 heavy (non-hydrogen) atoms. The Kier molecular flexibility index (Phi) is 18.8. The van der Waals surface area contributed by atoms with Crippen LogP contribution in [-0.2, 0) is 51.2 Å². The molecule has 0 saturated carbocycles. The highest BCUT2D eigenvalue weighted by Gasteiger charge is 2.34. The van der Waals surface area contributed by atoms with Crippen LogP contribution >= 0.6 is 0 Å². The molecule has 0 aromatic heterocycles. The number of carboxylic acid groups (broad SMARTS) is 1. The zero-order chi connectivity index (χ0) is 43.0. The van der Waals surface area contributed by atoms with E-state index in [1.54, 1.807) is 58.0 Å². The number of hydrogen-bond acceptors (Lipinski definition) is 9. The number of carboxylic acids is 1. The molecule has 312 valence electrons. The van der Waals surface area contributed by atoms with E-state index in [2.05, 4.69) is 31.9 Å². The number of aliphatic carboxylic acids is 1. The molecular weight excluding hydrogens is 736 g/mol. The van der Waals surface area contributed by atoms with E-state index in [4.69, 9.17) is 11.5 Å². The molecule has 0 spiro atoms. The maximum absolute atomic E-state index is 13.9. The molecule has 6 atom stereocenters. The summed E-state index contributed by atoms with van der Waals surface area (Å²) in [5.41, 5.74) is 14.8. The van der Waals surface area contributed by atoms with Crippen molar-refractivity contribution in [2.75, 3.05) is 6.54 Å². The normalized spacial score (nSPS) is 14.2. The van der Waals surface area contributed by atoms with Crippen molar-refractivity contribution >= 4 is 47.3 Å². The summed E-state index contributed by atoms with van der Waals surface area (Å²) >= 11 is 0. The summed E-state index contributed by atoms with van der Waals surface area (Å²) in [7, 11) is 0. The second kappa shape index (κ2) is 22.6. The van der Waals surface area contributed by atoms with Gasteiger partial charge in [0.05, 0.1) is 12.6 Å². The largest absolute Gasteiger partial charge is 0.481 e. The first-order chi connectivity index (χ1) is 26.7. The van der Waals surface area contributed by atoms with Crippen LogP contribution in [0.1, 0.15) is 69.7 Å². The maximum atomic E-state index is 13.9. The zero-order valence-electron chi connectivity index (χ0n) is 33.6. The quantitative estimate of drug-likeness (QED) is 0.0746. The Bertz CT molecular complexity index is 1730. The van der Waals surface area contributed by atoms with Crippen LogP contribution in [0.5, 0.6) is 0 Å². The van der Waals surface area contributed by atoms with Crippen LogP contribution in [0.3, 0.4) is 0 Å². The monoisotopic (exact) mass is 794 g/mol. The molecule has 2 aromatic rings. The van der Waals surface area contributed by atoms with Crippen LogP contribution in [-0.4, -0.2) is 95.2 Å². The van der Waals surface area contributed by atoms with Crippen molar-refractivity contribution in [1.82, 2.24) is 31.9 Å². The molecule has 0 saturated heterocycles. The first-order valence-corrected chi connectivity index (χ1v) is 18.9. The number of carbonyl (C=O) groups is 8. The highest BCUT2D eigenvalue weighted by Crippen LogP contribution is 2.15. The molecular formula is C40H58N8O9. The van der Waals surface area contributed by atoms with E-state index >= 15 is 0 Å². The molecule has 17 heteroatoms. The summed E-state index contributed by atoms with van der Waals surface area (Å²) in [5.74, 6) is -7.44. The molecule has 0 aliphatic heterocycles. The van der Waals surface area contributed by atoms with E-state index < -0.39 is 108 Å². The van der Waals surface area contributed by atoms with E-state index in [0.29, 0.717) is 5.56 Å². The lowest BCUT2D eigenvalue weighted by Crippen LogP contribution is -2.61. The number of rotatable bonds is 22. The number of hydrogen-bond donors (Lipinski definition) is 9. The lowest BCUT2D eigenvalue weighted by atomic mass is 9.96. The van der Waals surface area contributed by atoms with Crippen molar-refractivity contribution in [3.05, 3.63) is 70.8 Å². The van der Waals surface area contributed by atoms with E-state index in [0.717, 1.165) is 16.7 Å². The standard InChI is InChI=1S/C40H58N8O9/c1-21(2)33(39(56)43-20-31(42)49)48-40(57)34(22(3)4)47-37(54)29(16-17-32(50)51)45-38(55)30(18-26-14-9-8-10-15-26)46-35(52)25(7)44-36(53)28(41)19-27-23(5)12-11-13-24(27)6/h8-15,21-22,25,28-30,33-34H,16-20,41H2,1-7H3,(H2,42,49)(H,43,56)(H,44,53)(H,45,55)(H,46,52)(H,47,54)(H,48,57)(H,50,51)/t25-,28+,29+,30+,33+,34+/m1/s1. The Balaban J connectivity index is 2.28. The van der Waals surface area contributed by atoms with Crippen LogP contribution in [0.15, 0.2) is 48.5 Å². The number of amides is 7. The minimum atomic E-state index is -1.47. The fraction of sp³-hybridized carbons (Fsp3) is 0.500. The summed E-state index contributed by atoms with van der Waals surface area (Å²) in [6.45, 7) is 11.4. The van der Waals surface area contributed by atoms with Crippen molar-refractivity contribution in [3.63, 3.8) is 0 Å². The van der Waals surface area contributed by atoms with Crippen LogP contribution in [0.4, 0.5) is 0 Å². The molecule has 0 unspecified atom stereocenters. The van der Waals surface area contributed by atoms with Gasteiger partial charge in [-0.3, -0.25) is 38.4 Å². The van der Waals surface area contributed by atoms with Crippen LogP contribution in [0.25, 0.3) is 0 Å². The molecule has 0 aliphatic carbocycles. The van der Waals surface area contributed by atoms with Crippen molar-refractivity contribution in [1.29, 1.82) is 0 Å². The summed E-state index contributed by atoms with van der Waals surface area (Å²) < 4.78 is 0. The van der Waals surface area contributed by atoms with Gasteiger partial charge in [-0.2, -0.15) is 0 Å². The fourth-order valence-corrected chi connectivity index (χ4v) is 5.89. The predicted molar refractivity (Wildman–Crippen MR) is 212 cm³/mol. The third kappa shape index (κ3) is 15.7. The Hall–Kier alpha value is -5.84. The van der Waals surface area contributed by atoms with Gasteiger partial charge >= 0.3 is 5.97 Å². The highest BCUT2D eigenvalue weighted by molar-refractivity contribution is 5.97. The minimum Gasteiger partial charge on any atom is -0.481 e. The summed E-state index contributed by atoms with van der Waals surface area (Å²) in [4.78, 5) is 103. The molecule has 2 rings (SSSR count). The van der Waals surface area contributed by atoms with Crippen LogP contribution in [0.2, 0.25) is 0 Å². The Morgan fingerprint density at radius 3 is 1.68 bits per heavy atom. The van der Waals surface area contributed by atoms with Gasteiger partial charge < -0.3 is 48.5 Å². The van der Waals surface area contributed by atoms with Crippen molar-refractivity contribution < 1.29 is 43.5 Å². The maximum Gasteiger partial charge on any atom is 0.303 e. The second-order valence-corrected chi connectivity index (χ2v) is 14.8. The van der Waals surface area contributed by atoms with Crippen molar-refractivity contribution in [3.8, 4) is 0 Å². The summed E-state index contributed by atoms with van der Waals surface area (Å²) in [6, 6.07) is 7.22. The molecule has 0 aliphatic rings. The van der Waals surface area contributed by atoms with Gasteiger partial charge in [0.25, 0.3) is 0 Å². The van der Waals surface area contributed by atoms with Gasteiger partial charge in [0.1, 0.15) is 30.2 Å². The average Bonchev–Trinajstić information content (AvgIpc) is 3.14. The lowest BCUT2D eigenvalue weighted by molar-refractivity contribution is -0.139. The van der Waals surface area contributed by atoms with Gasteiger partial charge in [-0.05, 0) is 67.7 Å². The van der Waals surface area contributed by atoms with E-state index in [1.165, 1.54) is 6.92 Å². The van der Waals surface area contributed by atoms with Crippen molar-refractivity contribution in [2.45, 2.75) is 110 Å². The zero-order valence-corrected chi connectivity index (χ0v) is 33.6. The first kappa shape index (κ1) is 47.3. The van der Waals surface area contributed by atoms with Gasteiger partial charge in [-0.1, -0.05) is 76.2 Å². The van der Waals surface area contributed by atoms with Gasteiger partial charge in [0.2, 0.25) is 41.4 Å². The van der Waals surface area contributed by atoms with E-state index in [-0.39, 0.29) is 19.3 Å². The number of aryl methyl sites for hydroxylation is 2. The molecule has 0 heterocycles. The Morgan fingerprint density at radius 2 is 1.14 bits per heavy atom. The number of primary amides is 1. The summed E-state index contributed by atoms with van der Waals surface area (Å²) in [6.07, 6.45) is -0.709. The minimum absolute atomic E-state index is 0.0378. The number of nitrogens with one attached hydrogen (secondary N) is 6. The molecule has 17 nitrogen and oxygen atoms in total. The fourth-order valence-electron chi connectivity index (χ4n) is 5.89. The Morgan fingerprint density at radius 1 is 0.614 bits per heavy atom. The van der Waals surface area contributed by atoms with Crippen LogP contribution < -0.4 is 43.4 Å². The predicted octanol–water partition coefficient (Wildman–Crippen LogP) is -0.362. The van der Waals surface area contributed by atoms with Gasteiger partial charge in [0, 0.05) is 12.8 Å². The molecule has 2 aromatic carbocycles. The van der Waals surface area contributed by atoms with Crippen molar-refractivity contribution in [2.24, 2.45) is 23.3 Å². The third-order valence-electron chi connectivity index (χ3n) is 9.28. The highest BCUT2D eigenvalue weighted by atomic mass is 16.4. The van der Waals surface area contributed by atoms with Gasteiger partial charge in [-0.15, -0.1) is 0 Å². The molecule has 0 radical (unpaired) electrons. The summed E-state index contributed by atoms with van der Waals surface area (Å²) in [5, 5.41) is 24.7. The SMILES string of the molecule is Cc1cccc(C)c1C[C@H](N)C(=O)N[C@H](C)C(=O)N[C@@H](Cc1ccccc1)C(=O)N[C@@H](CCC(=O)O)C(=O)N[C@H](C(=O)N[C@H](C(=O)NCC(N)=O)C(C)C)C(C)C. The smallest absolute Gasteiger partial charge is 0.303 e. The van der Waals surface area contributed by atoms with E-state index in [9.17, 15) is 43.5 Å². The average molecular weight is 795 g/mol. The molecule has 11 N–H and O–H groups in total. The number of benzene rings is 2. The number of nitrogens with two attached hydrogens (primary N) is 2. The van der Waals surface area contributed by atoms with Gasteiger partial charge in [0.15, 0.2) is 0 Å². The molecule has 0 fully saturated rings. The number of carbonyl (C=O) groups excluding carboxylic acids is 7. The van der Waals surface area contributed by atoms with Gasteiger partial charge in [-0.25, -0.2) is 0 Å². The molecule has 7 amide bonds. The first-order valence-electron chi connectivity index (χ1n) is 18.9. The van der Waals surface area contributed by atoms with Crippen LogP contribution in [0, 0.1) is 25.7 Å². The lowest BCUT2D eigenvalue weighted by Gasteiger charge is -2.29. The topological polar surface area (TPSA) is 281 Å². The third-order valence-corrected chi connectivity index (χ3v) is 9.28. The van der Waals surface area contributed by atoms with E-state index in [1.807, 2.05) is 32.0 Å².